The molecule has 1 aliphatic heterocycles. The molecule has 1 unspecified atom stereocenters. The fourth-order valence-electron chi connectivity index (χ4n) is 4.36. The molecule has 1 amide bonds. The number of methoxy groups -OCH3 is 3. The van der Waals surface area contributed by atoms with Gasteiger partial charge in [0.1, 0.15) is 5.76 Å². The van der Waals surface area contributed by atoms with Crippen molar-refractivity contribution in [2.24, 2.45) is 0 Å². The first-order valence-corrected chi connectivity index (χ1v) is 11.1. The zero-order chi connectivity index (χ0) is 25.3. The van der Waals surface area contributed by atoms with Gasteiger partial charge in [-0.2, -0.15) is 0 Å². The molecule has 1 saturated heterocycles. The van der Waals surface area contributed by atoms with Gasteiger partial charge in [0.25, 0.3) is 11.7 Å². The third kappa shape index (κ3) is 4.10. The van der Waals surface area contributed by atoms with Gasteiger partial charge in [0, 0.05) is 11.3 Å². The number of amides is 1. The van der Waals surface area contributed by atoms with Crippen molar-refractivity contribution in [2.75, 3.05) is 26.2 Å². The van der Waals surface area contributed by atoms with Gasteiger partial charge in [0.15, 0.2) is 11.5 Å². The molecule has 1 atom stereocenters. The number of ether oxygens (including phenoxy) is 3. The number of hydrogen-bond acceptors (Lipinski definition) is 6. The Hall–Kier alpha value is -4.26. The van der Waals surface area contributed by atoms with Crippen molar-refractivity contribution in [3.8, 4) is 17.2 Å². The highest BCUT2D eigenvalue weighted by Gasteiger charge is 2.47. The molecule has 0 bridgehead atoms. The number of para-hydroxylation sites is 1. The minimum atomic E-state index is -0.925. The summed E-state index contributed by atoms with van der Waals surface area (Å²) < 4.78 is 16.5. The van der Waals surface area contributed by atoms with Crippen LogP contribution in [0.3, 0.4) is 0 Å². The zero-order valence-corrected chi connectivity index (χ0v) is 20.3. The van der Waals surface area contributed by atoms with E-state index in [1.165, 1.54) is 26.2 Å². The van der Waals surface area contributed by atoms with Crippen LogP contribution in [0.1, 0.15) is 28.3 Å². The Morgan fingerprint density at radius 2 is 1.46 bits per heavy atom. The highest BCUT2D eigenvalue weighted by molar-refractivity contribution is 6.51. The predicted molar refractivity (Wildman–Crippen MR) is 133 cm³/mol. The molecule has 3 aromatic rings. The van der Waals surface area contributed by atoms with Gasteiger partial charge < -0.3 is 19.3 Å². The number of rotatable bonds is 6. The highest BCUT2D eigenvalue weighted by Crippen LogP contribution is 2.47. The van der Waals surface area contributed by atoms with Crippen LogP contribution in [-0.4, -0.2) is 38.1 Å². The number of aliphatic hydroxyl groups is 1. The molecule has 7 heteroatoms. The van der Waals surface area contributed by atoms with Crippen LogP contribution < -0.4 is 19.1 Å². The lowest BCUT2D eigenvalue weighted by atomic mass is 9.94. The summed E-state index contributed by atoms with van der Waals surface area (Å²) in [5, 5.41) is 11.3. The van der Waals surface area contributed by atoms with Crippen LogP contribution in [0.4, 0.5) is 5.69 Å². The maximum Gasteiger partial charge on any atom is 0.300 e. The molecule has 0 spiro atoms. The van der Waals surface area contributed by atoms with Crippen molar-refractivity contribution >= 4 is 23.1 Å². The standard InChI is InChI=1S/C28H27NO6/c1-16-10-12-18(13-11-16)25(30)23-24(19-14-21(33-3)27(35-5)22(15-19)34-4)29(28(32)26(23)31)20-9-7-6-8-17(20)2/h6-15,24,30H,1-5H3/b25-23+. The number of Topliss-reactive ketones (excluding diaryl/α,β-unsaturated/α-hetero) is 1. The number of aryl methyl sites for hydroxylation is 2. The minimum absolute atomic E-state index is 0.0172. The molecule has 1 heterocycles. The quantitative estimate of drug-likeness (QED) is 0.310. The molecule has 0 aromatic heterocycles. The average molecular weight is 474 g/mol. The number of aliphatic hydroxyl groups excluding tert-OH is 1. The molecule has 3 aromatic carbocycles. The minimum Gasteiger partial charge on any atom is -0.507 e. The fourth-order valence-corrected chi connectivity index (χ4v) is 4.36. The molecule has 1 N–H and O–H groups in total. The van der Waals surface area contributed by atoms with Crippen LogP contribution in [0.2, 0.25) is 0 Å². The summed E-state index contributed by atoms with van der Waals surface area (Å²) in [6, 6.07) is 16.9. The van der Waals surface area contributed by atoms with E-state index in [9.17, 15) is 14.7 Å². The van der Waals surface area contributed by atoms with E-state index in [4.69, 9.17) is 14.2 Å². The van der Waals surface area contributed by atoms with E-state index in [1.807, 2.05) is 38.1 Å². The monoisotopic (exact) mass is 473 g/mol. The number of nitrogens with zero attached hydrogens (tertiary/aromatic N) is 1. The lowest BCUT2D eigenvalue weighted by molar-refractivity contribution is -0.132. The smallest absolute Gasteiger partial charge is 0.300 e. The van der Waals surface area contributed by atoms with E-state index in [2.05, 4.69) is 0 Å². The number of anilines is 1. The van der Waals surface area contributed by atoms with Crippen molar-refractivity contribution in [3.05, 3.63) is 88.5 Å². The predicted octanol–water partition coefficient (Wildman–Crippen LogP) is 4.96. The van der Waals surface area contributed by atoms with Gasteiger partial charge in [-0.25, -0.2) is 0 Å². The van der Waals surface area contributed by atoms with Crippen LogP contribution in [0, 0.1) is 13.8 Å². The van der Waals surface area contributed by atoms with Crippen LogP contribution in [-0.2, 0) is 9.59 Å². The Morgan fingerprint density at radius 3 is 2.00 bits per heavy atom. The molecule has 0 aliphatic carbocycles. The number of ketones is 1. The first-order valence-electron chi connectivity index (χ1n) is 11.1. The zero-order valence-electron chi connectivity index (χ0n) is 20.3. The Kier molecular flexibility index (Phi) is 6.51. The number of carbonyl (C=O) groups is 2. The molecular weight excluding hydrogens is 446 g/mol. The first-order chi connectivity index (χ1) is 16.8. The van der Waals surface area contributed by atoms with Gasteiger partial charge in [-0.05, 0) is 43.2 Å². The van der Waals surface area contributed by atoms with Crippen molar-refractivity contribution in [2.45, 2.75) is 19.9 Å². The third-order valence-corrected chi connectivity index (χ3v) is 6.15. The maximum atomic E-state index is 13.4. The van der Waals surface area contributed by atoms with Crippen LogP contribution in [0.25, 0.3) is 5.76 Å². The number of benzene rings is 3. The molecule has 7 nitrogen and oxygen atoms in total. The van der Waals surface area contributed by atoms with Crippen LogP contribution >= 0.6 is 0 Å². The summed E-state index contributed by atoms with van der Waals surface area (Å²) in [5.74, 6) is -0.639. The summed E-state index contributed by atoms with van der Waals surface area (Å²) in [7, 11) is 4.48. The molecule has 180 valence electrons. The van der Waals surface area contributed by atoms with E-state index >= 15 is 0 Å². The lowest BCUT2D eigenvalue weighted by Gasteiger charge is -2.27. The SMILES string of the molecule is COc1cc(C2/C(=C(\O)c3ccc(C)cc3)C(=O)C(=O)N2c2ccccc2C)cc(OC)c1OC. The summed E-state index contributed by atoms with van der Waals surface area (Å²) >= 11 is 0. The van der Waals surface area contributed by atoms with Crippen LogP contribution in [0.15, 0.2) is 66.2 Å². The van der Waals surface area contributed by atoms with Crippen molar-refractivity contribution in [1.29, 1.82) is 0 Å². The first kappa shape index (κ1) is 23.9. The largest absolute Gasteiger partial charge is 0.507 e. The highest BCUT2D eigenvalue weighted by atomic mass is 16.5. The third-order valence-electron chi connectivity index (χ3n) is 6.15. The second-order valence-corrected chi connectivity index (χ2v) is 8.28. The molecule has 4 rings (SSSR count). The normalized spacial score (nSPS) is 16.9. The van der Waals surface area contributed by atoms with Crippen molar-refractivity contribution < 1.29 is 28.9 Å². The number of hydrogen-bond donors (Lipinski definition) is 1. The van der Waals surface area contributed by atoms with E-state index < -0.39 is 17.7 Å². The Bertz CT molecular complexity index is 1300. The molecule has 0 saturated carbocycles. The van der Waals surface area contributed by atoms with E-state index in [1.54, 1.807) is 36.4 Å². The summed E-state index contributed by atoms with van der Waals surface area (Å²) in [4.78, 5) is 28.2. The van der Waals surface area contributed by atoms with Gasteiger partial charge in [-0.3, -0.25) is 14.5 Å². The Balaban J connectivity index is 2.03. The average Bonchev–Trinajstić information content (AvgIpc) is 3.13. The van der Waals surface area contributed by atoms with Gasteiger partial charge >= 0.3 is 0 Å². The molecule has 1 fully saturated rings. The fraction of sp³-hybridized carbons (Fsp3) is 0.214. The number of carbonyl (C=O) groups excluding carboxylic acids is 2. The van der Waals surface area contributed by atoms with E-state index in [0.717, 1.165) is 11.1 Å². The lowest BCUT2D eigenvalue weighted by Crippen LogP contribution is -2.30. The van der Waals surface area contributed by atoms with Crippen molar-refractivity contribution in [1.82, 2.24) is 0 Å². The molecule has 0 radical (unpaired) electrons. The molecular formula is C28H27NO6. The van der Waals surface area contributed by atoms with E-state index in [-0.39, 0.29) is 11.3 Å². The maximum absolute atomic E-state index is 13.4. The summed E-state index contributed by atoms with van der Waals surface area (Å²) in [6.45, 7) is 3.79. The van der Waals surface area contributed by atoms with E-state index in [0.29, 0.717) is 34.1 Å². The Labute approximate surface area is 204 Å². The summed E-state index contributed by atoms with van der Waals surface area (Å²) in [5.41, 5.74) is 3.32. The second-order valence-electron chi connectivity index (χ2n) is 8.28. The molecule has 35 heavy (non-hydrogen) atoms. The Morgan fingerprint density at radius 1 is 0.857 bits per heavy atom. The van der Waals surface area contributed by atoms with Gasteiger partial charge in [-0.15, -0.1) is 0 Å². The van der Waals surface area contributed by atoms with Gasteiger partial charge in [-0.1, -0.05) is 48.0 Å². The van der Waals surface area contributed by atoms with Crippen molar-refractivity contribution in [3.63, 3.8) is 0 Å². The second kappa shape index (κ2) is 9.54. The summed E-state index contributed by atoms with van der Waals surface area (Å²) in [6.07, 6.45) is 0. The van der Waals surface area contributed by atoms with Gasteiger partial charge in [0.05, 0.1) is 32.9 Å². The topological polar surface area (TPSA) is 85.3 Å². The van der Waals surface area contributed by atoms with Gasteiger partial charge in [0.2, 0.25) is 5.75 Å². The van der Waals surface area contributed by atoms with Crippen LogP contribution in [0.5, 0.6) is 17.2 Å². The molecule has 1 aliphatic rings.